The molecule has 0 aliphatic carbocycles. The maximum absolute atomic E-state index is 12.6. The standard InChI is InChI=1S/C13H20N2O3S/c1-9-11(19-13(18)14(9)2)12(17)15-7-4-3-5-10(15)6-8-16/h10,16H,3-8H2,1-2H3. The van der Waals surface area contributed by atoms with Crippen LogP contribution < -0.4 is 4.87 Å². The van der Waals surface area contributed by atoms with E-state index in [-0.39, 0.29) is 23.4 Å². The minimum absolute atomic E-state index is 0.0571. The molecule has 0 spiro atoms. The smallest absolute Gasteiger partial charge is 0.307 e. The number of piperidine rings is 1. The van der Waals surface area contributed by atoms with Crippen molar-refractivity contribution in [1.29, 1.82) is 0 Å². The van der Waals surface area contributed by atoms with E-state index in [1.807, 2.05) is 4.90 Å². The number of aromatic nitrogens is 1. The van der Waals surface area contributed by atoms with Gasteiger partial charge in [-0.2, -0.15) is 0 Å². The third kappa shape index (κ3) is 2.74. The van der Waals surface area contributed by atoms with Crippen LogP contribution in [0.2, 0.25) is 0 Å². The number of carbonyl (C=O) groups is 1. The van der Waals surface area contributed by atoms with Crippen molar-refractivity contribution in [3.8, 4) is 0 Å². The summed E-state index contributed by atoms with van der Waals surface area (Å²) in [4.78, 5) is 26.5. The van der Waals surface area contributed by atoms with Crippen molar-refractivity contribution in [2.24, 2.45) is 7.05 Å². The topological polar surface area (TPSA) is 62.5 Å². The quantitative estimate of drug-likeness (QED) is 0.905. The first-order chi connectivity index (χ1) is 9.06. The van der Waals surface area contributed by atoms with Crippen LogP contribution in [0.3, 0.4) is 0 Å². The third-order valence-electron chi connectivity index (χ3n) is 3.84. The van der Waals surface area contributed by atoms with E-state index in [1.54, 1.807) is 14.0 Å². The van der Waals surface area contributed by atoms with Crippen LogP contribution in [0.15, 0.2) is 4.79 Å². The fraction of sp³-hybridized carbons (Fsp3) is 0.692. The first-order valence-electron chi connectivity index (χ1n) is 6.64. The monoisotopic (exact) mass is 284 g/mol. The first-order valence-corrected chi connectivity index (χ1v) is 7.46. The van der Waals surface area contributed by atoms with E-state index in [0.29, 0.717) is 11.3 Å². The zero-order chi connectivity index (χ0) is 14.0. The molecule has 5 nitrogen and oxygen atoms in total. The lowest BCUT2D eigenvalue weighted by Gasteiger charge is -2.35. The van der Waals surface area contributed by atoms with Gasteiger partial charge in [0.15, 0.2) is 0 Å². The largest absolute Gasteiger partial charge is 0.396 e. The van der Waals surface area contributed by atoms with Crippen LogP contribution >= 0.6 is 11.3 Å². The highest BCUT2D eigenvalue weighted by Crippen LogP contribution is 2.23. The minimum atomic E-state index is -0.100. The summed E-state index contributed by atoms with van der Waals surface area (Å²) >= 11 is 1.02. The zero-order valence-electron chi connectivity index (χ0n) is 11.4. The van der Waals surface area contributed by atoms with Crippen molar-refractivity contribution in [2.75, 3.05) is 13.2 Å². The molecule has 0 saturated carbocycles. The molecule has 1 aromatic heterocycles. The summed E-state index contributed by atoms with van der Waals surface area (Å²) in [5, 5.41) is 9.10. The van der Waals surface area contributed by atoms with Crippen LogP contribution in [0, 0.1) is 6.92 Å². The number of rotatable bonds is 3. The van der Waals surface area contributed by atoms with E-state index >= 15 is 0 Å². The number of thiazole rings is 1. The second kappa shape index (κ2) is 5.88. The van der Waals surface area contributed by atoms with Gasteiger partial charge in [-0.15, -0.1) is 0 Å². The van der Waals surface area contributed by atoms with E-state index in [9.17, 15) is 9.59 Å². The maximum atomic E-state index is 12.6. The summed E-state index contributed by atoms with van der Waals surface area (Å²) < 4.78 is 1.52. The van der Waals surface area contributed by atoms with E-state index < -0.39 is 0 Å². The van der Waals surface area contributed by atoms with Crippen LogP contribution in [-0.2, 0) is 7.05 Å². The van der Waals surface area contributed by atoms with Crippen molar-refractivity contribution in [3.05, 3.63) is 20.2 Å². The SMILES string of the molecule is Cc1c(C(=O)N2CCCCC2CCO)sc(=O)n1C. The predicted molar refractivity (Wildman–Crippen MR) is 74.7 cm³/mol. The number of aliphatic hydroxyl groups is 1. The van der Waals surface area contributed by atoms with Crippen molar-refractivity contribution in [1.82, 2.24) is 9.47 Å². The Morgan fingerprint density at radius 2 is 2.21 bits per heavy atom. The van der Waals surface area contributed by atoms with Crippen LogP contribution in [0.25, 0.3) is 0 Å². The van der Waals surface area contributed by atoms with Gasteiger partial charge in [-0.05, 0) is 32.6 Å². The number of nitrogens with zero attached hydrogens (tertiary/aromatic N) is 2. The van der Waals surface area contributed by atoms with Crippen molar-refractivity contribution >= 4 is 17.2 Å². The highest BCUT2D eigenvalue weighted by atomic mass is 32.1. The average molecular weight is 284 g/mol. The molecule has 1 saturated heterocycles. The molecular formula is C13H20N2O3S. The van der Waals surface area contributed by atoms with E-state index in [1.165, 1.54) is 4.57 Å². The number of likely N-dealkylation sites (tertiary alicyclic amines) is 1. The molecule has 1 aromatic rings. The molecule has 1 N–H and O–H groups in total. The Morgan fingerprint density at radius 3 is 2.79 bits per heavy atom. The number of carbonyl (C=O) groups excluding carboxylic acids is 1. The molecule has 106 valence electrons. The number of hydrogen-bond acceptors (Lipinski definition) is 4. The second-order valence-corrected chi connectivity index (χ2v) is 5.96. The number of amides is 1. The van der Waals surface area contributed by atoms with Crippen LogP contribution in [0.4, 0.5) is 0 Å². The van der Waals surface area contributed by atoms with Crippen LogP contribution in [-0.4, -0.2) is 39.7 Å². The summed E-state index contributed by atoms with van der Waals surface area (Å²) in [6.07, 6.45) is 3.65. The molecule has 1 unspecified atom stereocenters. The van der Waals surface area contributed by atoms with Crippen molar-refractivity contribution in [2.45, 2.75) is 38.6 Å². The molecule has 1 atom stereocenters. The summed E-state index contributed by atoms with van der Waals surface area (Å²) in [7, 11) is 1.69. The summed E-state index contributed by atoms with van der Waals surface area (Å²) in [6.45, 7) is 2.62. The first kappa shape index (κ1) is 14.3. The van der Waals surface area contributed by atoms with Gasteiger partial charge in [-0.1, -0.05) is 11.3 Å². The van der Waals surface area contributed by atoms with Crippen LogP contribution in [0.1, 0.15) is 41.0 Å². The van der Waals surface area contributed by atoms with Gasteiger partial charge in [0.2, 0.25) is 0 Å². The maximum Gasteiger partial charge on any atom is 0.307 e. The van der Waals surface area contributed by atoms with Crippen molar-refractivity contribution < 1.29 is 9.90 Å². The van der Waals surface area contributed by atoms with Gasteiger partial charge in [0.05, 0.1) is 0 Å². The molecule has 0 bridgehead atoms. The zero-order valence-corrected chi connectivity index (χ0v) is 12.2. The molecule has 0 radical (unpaired) electrons. The Bertz CT molecular complexity index is 518. The summed E-state index contributed by atoms with van der Waals surface area (Å²) in [5.41, 5.74) is 0.730. The number of aliphatic hydroxyl groups excluding tert-OH is 1. The lowest BCUT2D eigenvalue weighted by molar-refractivity contribution is 0.0578. The highest BCUT2D eigenvalue weighted by molar-refractivity contribution is 7.11. The molecule has 2 rings (SSSR count). The highest BCUT2D eigenvalue weighted by Gasteiger charge is 2.29. The molecule has 0 aromatic carbocycles. The molecular weight excluding hydrogens is 264 g/mol. The average Bonchev–Trinajstić information content (AvgIpc) is 2.67. The Morgan fingerprint density at radius 1 is 1.47 bits per heavy atom. The normalized spacial score (nSPS) is 19.7. The second-order valence-electron chi connectivity index (χ2n) is 5.00. The Labute approximate surface area is 116 Å². The van der Waals surface area contributed by atoms with Crippen molar-refractivity contribution in [3.63, 3.8) is 0 Å². The molecule has 2 heterocycles. The predicted octanol–water partition coefficient (Wildman–Crippen LogP) is 1.13. The Kier molecular flexibility index (Phi) is 4.42. The van der Waals surface area contributed by atoms with Gasteiger partial charge in [0.25, 0.3) is 5.91 Å². The Hall–Kier alpha value is -1.14. The fourth-order valence-electron chi connectivity index (χ4n) is 2.56. The molecule has 1 aliphatic rings. The van der Waals surface area contributed by atoms with Gasteiger partial charge >= 0.3 is 4.87 Å². The number of hydrogen-bond donors (Lipinski definition) is 1. The van der Waals surface area contributed by atoms with Gasteiger partial charge in [-0.3, -0.25) is 9.59 Å². The molecule has 1 fully saturated rings. The third-order valence-corrected chi connectivity index (χ3v) is 4.96. The van der Waals surface area contributed by atoms with E-state index in [4.69, 9.17) is 5.11 Å². The molecule has 1 amide bonds. The lowest BCUT2D eigenvalue weighted by Crippen LogP contribution is -2.44. The van der Waals surface area contributed by atoms with E-state index in [2.05, 4.69) is 0 Å². The molecule has 6 heteroatoms. The fourth-order valence-corrected chi connectivity index (χ4v) is 3.50. The molecule has 1 aliphatic heterocycles. The summed E-state index contributed by atoms with van der Waals surface area (Å²) in [5.74, 6) is -0.0571. The van der Waals surface area contributed by atoms with Gasteiger partial charge in [0, 0.05) is 31.9 Å². The summed E-state index contributed by atoms with van der Waals surface area (Å²) in [6, 6.07) is 0.105. The van der Waals surface area contributed by atoms with Gasteiger partial charge < -0.3 is 14.6 Å². The van der Waals surface area contributed by atoms with Gasteiger partial charge in [-0.25, -0.2) is 0 Å². The molecule has 19 heavy (non-hydrogen) atoms. The Balaban J connectivity index is 2.26. The van der Waals surface area contributed by atoms with E-state index in [0.717, 1.165) is 42.8 Å². The minimum Gasteiger partial charge on any atom is -0.396 e. The van der Waals surface area contributed by atoms with Crippen LogP contribution in [0.5, 0.6) is 0 Å². The van der Waals surface area contributed by atoms with Gasteiger partial charge in [0.1, 0.15) is 4.88 Å². The lowest BCUT2D eigenvalue weighted by atomic mass is 9.99.